The first-order valence-corrected chi connectivity index (χ1v) is 9.24. The minimum atomic E-state index is -0.107. The summed E-state index contributed by atoms with van der Waals surface area (Å²) in [4.78, 5) is 22.9. The number of hydrogen-bond acceptors (Lipinski definition) is 4. The van der Waals surface area contributed by atoms with Gasteiger partial charge in [0.05, 0.1) is 18.4 Å². The van der Waals surface area contributed by atoms with Crippen LogP contribution in [0, 0.1) is 0 Å². The summed E-state index contributed by atoms with van der Waals surface area (Å²) in [5.74, 6) is 0.406. The molecule has 1 saturated heterocycles. The molecule has 134 valence electrons. The third kappa shape index (κ3) is 3.67. The fourth-order valence-electron chi connectivity index (χ4n) is 3.95. The summed E-state index contributed by atoms with van der Waals surface area (Å²) in [7, 11) is 0. The molecular weight excluding hydrogens is 318 g/mol. The monoisotopic (exact) mass is 343 g/mol. The molecule has 8 nitrogen and oxygen atoms in total. The smallest absolute Gasteiger partial charge is 0.324 e. The van der Waals surface area contributed by atoms with E-state index in [1.807, 2.05) is 20.3 Å². The summed E-state index contributed by atoms with van der Waals surface area (Å²) >= 11 is 0. The molecule has 2 amide bonds. The quantitative estimate of drug-likeness (QED) is 0.925. The fraction of sp³-hybridized carbons (Fsp3) is 0.647. The zero-order valence-electron chi connectivity index (χ0n) is 14.4. The van der Waals surface area contributed by atoms with Crippen LogP contribution in [0.4, 0.5) is 10.7 Å². The van der Waals surface area contributed by atoms with E-state index in [0.717, 1.165) is 38.8 Å². The number of rotatable bonds is 4. The van der Waals surface area contributed by atoms with Crippen LogP contribution in [0.2, 0.25) is 0 Å². The average molecular weight is 343 g/mol. The van der Waals surface area contributed by atoms with Crippen LogP contribution < -0.4 is 5.32 Å². The second-order valence-corrected chi connectivity index (χ2v) is 7.02. The highest BCUT2D eigenvalue weighted by atomic mass is 16.2. The van der Waals surface area contributed by atoms with Crippen molar-refractivity contribution < 1.29 is 4.79 Å². The summed E-state index contributed by atoms with van der Waals surface area (Å²) in [5.41, 5.74) is 0. The molecule has 1 saturated carbocycles. The average Bonchev–Trinajstić information content (AvgIpc) is 3.38. The Balaban J connectivity index is 1.37. The Morgan fingerprint density at radius 2 is 2.04 bits per heavy atom. The number of anilines is 1. The SMILES string of the molecule is O=C(Nc1ncn(C2CCCCC2)n1)N1CCC[C@H]1Cn1ccnc1. The lowest BCUT2D eigenvalue weighted by atomic mass is 9.96. The van der Waals surface area contributed by atoms with E-state index in [0.29, 0.717) is 12.0 Å². The lowest BCUT2D eigenvalue weighted by molar-refractivity contribution is 0.201. The van der Waals surface area contributed by atoms with Crippen molar-refractivity contribution in [2.75, 3.05) is 11.9 Å². The molecule has 2 aromatic rings. The molecule has 1 N–H and O–H groups in total. The Morgan fingerprint density at radius 3 is 2.84 bits per heavy atom. The Kier molecular flexibility index (Phi) is 4.67. The predicted octanol–water partition coefficient (Wildman–Crippen LogP) is 2.68. The Bertz CT molecular complexity index is 690. The molecule has 3 heterocycles. The molecular formula is C17H25N7O. The van der Waals surface area contributed by atoms with E-state index in [9.17, 15) is 4.79 Å². The van der Waals surface area contributed by atoms with Gasteiger partial charge in [-0.25, -0.2) is 19.4 Å². The predicted molar refractivity (Wildman–Crippen MR) is 93.1 cm³/mol. The molecule has 4 rings (SSSR count). The Labute approximate surface area is 147 Å². The number of amides is 2. The highest BCUT2D eigenvalue weighted by molar-refractivity contribution is 5.87. The molecule has 1 aliphatic heterocycles. The van der Waals surface area contributed by atoms with Crippen LogP contribution in [0.25, 0.3) is 0 Å². The summed E-state index contributed by atoms with van der Waals surface area (Å²) in [6.07, 6.45) is 15.4. The fourth-order valence-corrected chi connectivity index (χ4v) is 3.95. The molecule has 0 radical (unpaired) electrons. The van der Waals surface area contributed by atoms with Gasteiger partial charge in [0, 0.05) is 25.5 Å². The van der Waals surface area contributed by atoms with E-state index >= 15 is 0 Å². The van der Waals surface area contributed by atoms with Gasteiger partial charge in [-0.05, 0) is 25.7 Å². The van der Waals surface area contributed by atoms with Crippen molar-refractivity contribution in [3.05, 3.63) is 25.0 Å². The lowest BCUT2D eigenvalue weighted by Crippen LogP contribution is -2.40. The molecule has 0 bridgehead atoms. The Morgan fingerprint density at radius 1 is 1.16 bits per heavy atom. The van der Waals surface area contributed by atoms with Gasteiger partial charge >= 0.3 is 6.03 Å². The second-order valence-electron chi connectivity index (χ2n) is 7.02. The van der Waals surface area contributed by atoms with Crippen LogP contribution in [0.5, 0.6) is 0 Å². The Hall–Kier alpha value is -2.38. The molecule has 0 aromatic carbocycles. The van der Waals surface area contributed by atoms with E-state index in [1.54, 1.807) is 18.9 Å². The highest BCUT2D eigenvalue weighted by Gasteiger charge is 2.29. The first-order valence-electron chi connectivity index (χ1n) is 9.24. The van der Waals surface area contributed by atoms with Crippen molar-refractivity contribution in [3.63, 3.8) is 0 Å². The van der Waals surface area contributed by atoms with Crippen LogP contribution in [-0.4, -0.2) is 47.8 Å². The van der Waals surface area contributed by atoms with Crippen LogP contribution in [-0.2, 0) is 6.54 Å². The van der Waals surface area contributed by atoms with Crippen LogP contribution in [0.15, 0.2) is 25.0 Å². The van der Waals surface area contributed by atoms with Gasteiger partial charge in [-0.3, -0.25) is 5.32 Å². The summed E-state index contributed by atoms with van der Waals surface area (Å²) in [6, 6.07) is 0.506. The largest absolute Gasteiger partial charge is 0.335 e. The van der Waals surface area contributed by atoms with Crippen molar-refractivity contribution in [3.8, 4) is 0 Å². The van der Waals surface area contributed by atoms with Crippen molar-refractivity contribution >= 4 is 12.0 Å². The van der Waals surface area contributed by atoms with Gasteiger partial charge in [-0.15, -0.1) is 5.10 Å². The number of carbonyl (C=O) groups is 1. The van der Waals surface area contributed by atoms with Crippen LogP contribution >= 0.6 is 0 Å². The molecule has 1 aliphatic carbocycles. The number of carbonyl (C=O) groups excluding carboxylic acids is 1. The molecule has 1 atom stereocenters. The summed E-state index contributed by atoms with van der Waals surface area (Å²) in [6.45, 7) is 1.55. The van der Waals surface area contributed by atoms with Gasteiger partial charge in [-0.1, -0.05) is 19.3 Å². The molecule has 8 heteroatoms. The molecule has 0 spiro atoms. The maximum absolute atomic E-state index is 12.6. The van der Waals surface area contributed by atoms with Gasteiger partial charge in [0.15, 0.2) is 0 Å². The zero-order chi connectivity index (χ0) is 17.1. The van der Waals surface area contributed by atoms with Crippen molar-refractivity contribution in [1.82, 2.24) is 29.2 Å². The topological polar surface area (TPSA) is 80.9 Å². The summed E-state index contributed by atoms with van der Waals surface area (Å²) < 4.78 is 3.94. The van der Waals surface area contributed by atoms with Gasteiger partial charge in [0.2, 0.25) is 5.95 Å². The van der Waals surface area contributed by atoms with Gasteiger partial charge in [0.1, 0.15) is 6.33 Å². The molecule has 25 heavy (non-hydrogen) atoms. The van der Waals surface area contributed by atoms with Crippen molar-refractivity contribution in [2.24, 2.45) is 0 Å². The molecule has 2 fully saturated rings. The van der Waals surface area contributed by atoms with E-state index in [2.05, 4.69) is 20.4 Å². The van der Waals surface area contributed by atoms with Gasteiger partial charge in [0.25, 0.3) is 0 Å². The number of likely N-dealkylation sites (tertiary alicyclic amines) is 1. The molecule has 0 unspecified atom stereocenters. The maximum atomic E-state index is 12.6. The zero-order valence-corrected chi connectivity index (χ0v) is 14.4. The number of aromatic nitrogens is 5. The summed E-state index contributed by atoms with van der Waals surface area (Å²) in [5, 5.41) is 7.35. The maximum Gasteiger partial charge on any atom is 0.324 e. The number of nitrogens with one attached hydrogen (secondary N) is 1. The minimum Gasteiger partial charge on any atom is -0.335 e. The second kappa shape index (κ2) is 7.25. The molecule has 2 aromatic heterocycles. The van der Waals surface area contributed by atoms with E-state index in [1.165, 1.54) is 19.3 Å². The molecule has 2 aliphatic rings. The minimum absolute atomic E-state index is 0.107. The standard InChI is InChI=1S/C17H25N7O/c25-17(23-9-4-7-15(23)11-22-10-8-18-12-22)20-16-19-13-24(21-16)14-5-2-1-3-6-14/h8,10,12-15H,1-7,9,11H2,(H,20,21,25)/t15-/m0/s1. The van der Waals surface area contributed by atoms with Crippen LogP contribution in [0.1, 0.15) is 51.0 Å². The third-order valence-electron chi connectivity index (χ3n) is 5.29. The highest BCUT2D eigenvalue weighted by Crippen LogP contribution is 2.27. The van der Waals surface area contributed by atoms with E-state index in [-0.39, 0.29) is 12.1 Å². The third-order valence-corrected chi connectivity index (χ3v) is 5.29. The number of imidazole rings is 1. The van der Waals surface area contributed by atoms with E-state index in [4.69, 9.17) is 0 Å². The normalized spacial score (nSPS) is 21.6. The number of nitrogens with zero attached hydrogens (tertiary/aromatic N) is 6. The van der Waals surface area contributed by atoms with E-state index < -0.39 is 0 Å². The van der Waals surface area contributed by atoms with Gasteiger partial charge < -0.3 is 9.47 Å². The first kappa shape index (κ1) is 16.1. The lowest BCUT2D eigenvalue weighted by Gasteiger charge is -2.24. The van der Waals surface area contributed by atoms with Crippen LogP contribution in [0.3, 0.4) is 0 Å². The van der Waals surface area contributed by atoms with Crippen molar-refractivity contribution in [1.29, 1.82) is 0 Å². The van der Waals surface area contributed by atoms with Gasteiger partial charge in [-0.2, -0.15) is 0 Å². The number of hydrogen-bond donors (Lipinski definition) is 1. The number of urea groups is 1. The van der Waals surface area contributed by atoms with Crippen molar-refractivity contribution in [2.45, 2.75) is 63.6 Å². The first-order chi connectivity index (χ1) is 12.3.